The van der Waals surface area contributed by atoms with Gasteiger partial charge in [-0.2, -0.15) is 0 Å². The lowest BCUT2D eigenvalue weighted by atomic mass is 9.80. The average Bonchev–Trinajstić information content (AvgIpc) is 2.91. The molecule has 100 valence electrons. The number of carboxylic acids is 1. The van der Waals surface area contributed by atoms with Gasteiger partial charge >= 0.3 is 5.97 Å². The summed E-state index contributed by atoms with van der Waals surface area (Å²) < 4.78 is 13.4. The van der Waals surface area contributed by atoms with Crippen LogP contribution in [0.25, 0.3) is 0 Å². The minimum absolute atomic E-state index is 0.187. The smallest absolute Gasteiger partial charge is 0.323 e. The molecule has 0 unspecified atom stereocenters. The molecular formula is C14H14FNO3. The maximum absolute atomic E-state index is 13.4. The molecule has 0 aromatic heterocycles. The highest BCUT2D eigenvalue weighted by atomic mass is 19.1. The summed E-state index contributed by atoms with van der Waals surface area (Å²) in [5.74, 6) is -1.72. The molecule has 0 saturated heterocycles. The number of fused-ring (bicyclic) bond motifs is 2. The van der Waals surface area contributed by atoms with E-state index in [1.165, 1.54) is 17.0 Å². The minimum atomic E-state index is -1.08. The van der Waals surface area contributed by atoms with Gasteiger partial charge in [-0.25, -0.2) is 4.39 Å². The third kappa shape index (κ3) is 1.64. The monoisotopic (exact) mass is 263 g/mol. The Morgan fingerprint density at radius 2 is 2.05 bits per heavy atom. The highest BCUT2D eigenvalue weighted by molar-refractivity contribution is 6.10. The molecule has 1 amide bonds. The molecule has 1 heterocycles. The standard InChI is InChI=1S/C14H14FNO3/c15-9-3-4-10-11(7-9)16(8-12(17)18)13(19)14(10)5-1-2-6-14/h3-4,7H,1-2,5-6,8H2,(H,17,18). The van der Waals surface area contributed by atoms with Crippen LogP contribution in [-0.2, 0) is 15.0 Å². The fourth-order valence-corrected chi connectivity index (χ4v) is 3.37. The van der Waals surface area contributed by atoms with Crippen LogP contribution in [0, 0.1) is 5.82 Å². The van der Waals surface area contributed by atoms with Gasteiger partial charge in [-0.1, -0.05) is 18.9 Å². The Balaban J connectivity index is 2.13. The molecule has 0 atom stereocenters. The molecule has 1 aliphatic carbocycles. The maximum atomic E-state index is 13.4. The van der Waals surface area contributed by atoms with Crippen molar-refractivity contribution in [1.82, 2.24) is 0 Å². The Labute approximate surface area is 109 Å². The van der Waals surface area contributed by atoms with Crippen molar-refractivity contribution < 1.29 is 19.1 Å². The second-order valence-corrected chi connectivity index (χ2v) is 5.24. The number of amides is 1. The second-order valence-electron chi connectivity index (χ2n) is 5.24. The first-order chi connectivity index (χ1) is 9.04. The average molecular weight is 263 g/mol. The van der Waals surface area contributed by atoms with Crippen LogP contribution in [-0.4, -0.2) is 23.5 Å². The highest BCUT2D eigenvalue weighted by Gasteiger charge is 2.52. The Kier molecular flexibility index (Phi) is 2.59. The van der Waals surface area contributed by atoms with Crippen molar-refractivity contribution in [3.63, 3.8) is 0 Å². The number of rotatable bonds is 2. The van der Waals surface area contributed by atoms with Crippen molar-refractivity contribution in [1.29, 1.82) is 0 Å². The zero-order valence-electron chi connectivity index (χ0n) is 10.4. The van der Waals surface area contributed by atoms with E-state index >= 15 is 0 Å². The van der Waals surface area contributed by atoms with Gasteiger partial charge in [-0.3, -0.25) is 9.59 Å². The van der Waals surface area contributed by atoms with Crippen LogP contribution >= 0.6 is 0 Å². The number of carbonyl (C=O) groups is 2. The minimum Gasteiger partial charge on any atom is -0.480 e. The molecule has 2 aliphatic rings. The van der Waals surface area contributed by atoms with Gasteiger partial charge < -0.3 is 10.0 Å². The highest BCUT2D eigenvalue weighted by Crippen LogP contribution is 2.51. The van der Waals surface area contributed by atoms with Crippen molar-refractivity contribution in [3.05, 3.63) is 29.6 Å². The van der Waals surface area contributed by atoms with Crippen LogP contribution in [0.3, 0.4) is 0 Å². The molecule has 1 aromatic carbocycles. The first-order valence-corrected chi connectivity index (χ1v) is 6.38. The molecular weight excluding hydrogens is 249 g/mol. The molecule has 1 N–H and O–H groups in total. The molecule has 5 heteroatoms. The lowest BCUT2D eigenvalue weighted by Gasteiger charge is -2.22. The van der Waals surface area contributed by atoms with E-state index < -0.39 is 23.7 Å². The maximum Gasteiger partial charge on any atom is 0.323 e. The van der Waals surface area contributed by atoms with E-state index in [0.717, 1.165) is 31.2 Å². The summed E-state index contributed by atoms with van der Waals surface area (Å²) >= 11 is 0. The zero-order valence-corrected chi connectivity index (χ0v) is 10.4. The van der Waals surface area contributed by atoms with E-state index in [2.05, 4.69) is 0 Å². The van der Waals surface area contributed by atoms with Gasteiger partial charge in [0.15, 0.2) is 0 Å². The van der Waals surface area contributed by atoms with Crippen molar-refractivity contribution in [2.24, 2.45) is 0 Å². The Morgan fingerprint density at radius 1 is 1.37 bits per heavy atom. The first kappa shape index (κ1) is 12.1. The topological polar surface area (TPSA) is 57.6 Å². The van der Waals surface area contributed by atoms with Crippen LogP contribution < -0.4 is 4.90 Å². The number of nitrogens with zero attached hydrogens (tertiary/aromatic N) is 1. The van der Waals surface area contributed by atoms with Gasteiger partial charge in [-0.05, 0) is 30.5 Å². The second kappa shape index (κ2) is 4.05. The Morgan fingerprint density at radius 3 is 2.68 bits per heavy atom. The van der Waals surface area contributed by atoms with Gasteiger partial charge in [0.1, 0.15) is 12.4 Å². The van der Waals surface area contributed by atoms with Crippen molar-refractivity contribution in [2.75, 3.05) is 11.4 Å². The number of carboxylic acid groups (broad SMARTS) is 1. The van der Waals surface area contributed by atoms with E-state index in [4.69, 9.17) is 5.11 Å². The van der Waals surface area contributed by atoms with Gasteiger partial charge in [-0.15, -0.1) is 0 Å². The van der Waals surface area contributed by atoms with Crippen molar-refractivity contribution >= 4 is 17.6 Å². The molecule has 1 spiro atoms. The van der Waals surface area contributed by atoms with Gasteiger partial charge in [0, 0.05) is 0 Å². The molecule has 1 saturated carbocycles. The molecule has 1 aromatic rings. The predicted octanol–water partition coefficient (Wildman–Crippen LogP) is 2.07. The number of anilines is 1. The van der Waals surface area contributed by atoms with E-state index in [-0.39, 0.29) is 5.91 Å². The van der Waals surface area contributed by atoms with Crippen LogP contribution in [0.2, 0.25) is 0 Å². The summed E-state index contributed by atoms with van der Waals surface area (Å²) in [5, 5.41) is 8.93. The summed E-state index contributed by atoms with van der Waals surface area (Å²) in [4.78, 5) is 24.7. The predicted molar refractivity (Wildman–Crippen MR) is 66.5 cm³/mol. The molecule has 4 nitrogen and oxygen atoms in total. The van der Waals surface area contributed by atoms with E-state index in [9.17, 15) is 14.0 Å². The number of hydrogen-bond acceptors (Lipinski definition) is 2. The fourth-order valence-electron chi connectivity index (χ4n) is 3.37. The van der Waals surface area contributed by atoms with Crippen molar-refractivity contribution in [3.8, 4) is 0 Å². The van der Waals surface area contributed by atoms with Gasteiger partial charge in [0.2, 0.25) is 5.91 Å². The van der Waals surface area contributed by atoms with E-state index in [1.54, 1.807) is 6.07 Å². The van der Waals surface area contributed by atoms with Gasteiger partial charge in [0.25, 0.3) is 0 Å². The van der Waals surface area contributed by atoms with E-state index in [0.29, 0.717) is 5.69 Å². The van der Waals surface area contributed by atoms with Crippen LogP contribution in [0.4, 0.5) is 10.1 Å². The summed E-state index contributed by atoms with van der Waals surface area (Å²) in [5.41, 5.74) is 0.602. The van der Waals surface area contributed by atoms with Crippen molar-refractivity contribution in [2.45, 2.75) is 31.1 Å². The number of benzene rings is 1. The largest absolute Gasteiger partial charge is 0.480 e. The molecule has 3 rings (SSSR count). The molecule has 1 fully saturated rings. The third-order valence-corrected chi connectivity index (χ3v) is 4.17. The zero-order chi connectivity index (χ0) is 13.6. The number of aliphatic carboxylic acids is 1. The normalized spacial score (nSPS) is 20.1. The number of hydrogen-bond donors (Lipinski definition) is 1. The first-order valence-electron chi connectivity index (χ1n) is 6.38. The molecule has 0 bridgehead atoms. The van der Waals surface area contributed by atoms with Crippen LogP contribution in [0.15, 0.2) is 18.2 Å². The lowest BCUT2D eigenvalue weighted by molar-refractivity contribution is -0.137. The fraction of sp³-hybridized carbons (Fsp3) is 0.429. The number of halogens is 1. The lowest BCUT2D eigenvalue weighted by Crippen LogP contribution is -2.40. The Bertz CT molecular complexity index is 564. The molecule has 0 radical (unpaired) electrons. The summed E-state index contributed by atoms with van der Waals surface area (Å²) in [6.45, 7) is -0.406. The molecule has 19 heavy (non-hydrogen) atoms. The summed E-state index contributed by atoms with van der Waals surface area (Å²) in [6.07, 6.45) is 3.34. The SMILES string of the molecule is O=C(O)CN1C(=O)C2(CCCC2)c2ccc(F)cc21. The molecule has 1 aliphatic heterocycles. The van der Waals surface area contributed by atoms with Crippen LogP contribution in [0.5, 0.6) is 0 Å². The Hall–Kier alpha value is -1.91. The number of carbonyl (C=O) groups excluding carboxylic acids is 1. The quantitative estimate of drug-likeness (QED) is 0.888. The summed E-state index contributed by atoms with van der Waals surface area (Å²) in [7, 11) is 0. The summed E-state index contributed by atoms with van der Waals surface area (Å²) in [6, 6.07) is 4.25. The van der Waals surface area contributed by atoms with Crippen LogP contribution in [0.1, 0.15) is 31.2 Å². The van der Waals surface area contributed by atoms with E-state index in [1.807, 2.05) is 0 Å². The van der Waals surface area contributed by atoms with Gasteiger partial charge in [0.05, 0.1) is 11.1 Å². The third-order valence-electron chi connectivity index (χ3n) is 4.17.